The number of rotatable bonds is 3. The molecule has 0 saturated carbocycles. The third-order valence-corrected chi connectivity index (χ3v) is 3.63. The first-order valence-corrected chi connectivity index (χ1v) is 6.58. The van der Waals surface area contributed by atoms with E-state index in [2.05, 4.69) is 0 Å². The van der Waals surface area contributed by atoms with E-state index in [0.717, 1.165) is 5.56 Å². The highest BCUT2D eigenvalue weighted by atomic mass is 19.1. The molecule has 0 aromatic heterocycles. The summed E-state index contributed by atoms with van der Waals surface area (Å²) < 4.78 is 18.9. The second-order valence-corrected chi connectivity index (χ2v) is 5.04. The lowest BCUT2D eigenvalue weighted by atomic mass is 10.1. The van der Waals surface area contributed by atoms with Crippen LogP contribution in [0.4, 0.5) is 10.1 Å². The number of nitrogen functional groups attached to an aromatic ring is 1. The second-order valence-electron chi connectivity index (χ2n) is 5.04. The van der Waals surface area contributed by atoms with Crippen LogP contribution < -0.4 is 10.5 Å². The third kappa shape index (κ3) is 2.42. The molecule has 1 aliphatic rings. The first-order valence-electron chi connectivity index (χ1n) is 6.58. The van der Waals surface area contributed by atoms with Crippen molar-refractivity contribution in [2.45, 2.75) is 13.1 Å². The van der Waals surface area contributed by atoms with Gasteiger partial charge in [-0.05, 0) is 23.8 Å². The summed E-state index contributed by atoms with van der Waals surface area (Å²) in [5.41, 5.74) is 8.24. The molecule has 3 rings (SSSR count). The quantitative estimate of drug-likeness (QED) is 0.882. The summed E-state index contributed by atoms with van der Waals surface area (Å²) in [6.45, 7) is 0.698. The van der Waals surface area contributed by atoms with Gasteiger partial charge in [0.05, 0.1) is 7.11 Å². The molecule has 4 nitrogen and oxygen atoms in total. The lowest BCUT2D eigenvalue weighted by Crippen LogP contribution is -2.23. The Hall–Kier alpha value is -2.56. The van der Waals surface area contributed by atoms with Crippen LogP contribution in [0.5, 0.6) is 5.75 Å². The number of hydrogen-bond acceptors (Lipinski definition) is 3. The molecule has 1 amide bonds. The molecule has 21 heavy (non-hydrogen) atoms. The average Bonchev–Trinajstić information content (AvgIpc) is 2.78. The molecule has 0 spiro atoms. The Kier molecular flexibility index (Phi) is 3.25. The first kappa shape index (κ1) is 13.4. The monoisotopic (exact) mass is 286 g/mol. The van der Waals surface area contributed by atoms with Gasteiger partial charge in [0.25, 0.3) is 5.91 Å². The van der Waals surface area contributed by atoms with Crippen LogP contribution in [-0.4, -0.2) is 17.9 Å². The fraction of sp³-hybridized carbons (Fsp3) is 0.188. The van der Waals surface area contributed by atoms with Gasteiger partial charge in [-0.3, -0.25) is 4.79 Å². The van der Waals surface area contributed by atoms with Gasteiger partial charge >= 0.3 is 0 Å². The van der Waals surface area contributed by atoms with Gasteiger partial charge in [0.1, 0.15) is 11.6 Å². The lowest BCUT2D eigenvalue weighted by Gasteiger charge is -2.16. The number of ether oxygens (including phenoxy) is 1. The van der Waals surface area contributed by atoms with E-state index in [1.807, 2.05) is 6.07 Å². The summed E-state index contributed by atoms with van der Waals surface area (Å²) in [5.74, 6) is -0.0369. The summed E-state index contributed by atoms with van der Waals surface area (Å²) in [6.07, 6.45) is 0. The van der Waals surface area contributed by atoms with Crippen molar-refractivity contribution in [3.63, 3.8) is 0 Å². The van der Waals surface area contributed by atoms with Gasteiger partial charge in [-0.15, -0.1) is 0 Å². The molecule has 108 valence electrons. The van der Waals surface area contributed by atoms with Crippen molar-refractivity contribution < 1.29 is 13.9 Å². The van der Waals surface area contributed by atoms with Gasteiger partial charge in [-0.25, -0.2) is 4.39 Å². The van der Waals surface area contributed by atoms with E-state index in [1.165, 1.54) is 13.2 Å². The SMILES string of the molecule is COc1ccc(CN2Cc3ccc(N)cc3C2=O)c(F)c1. The maximum absolute atomic E-state index is 14.0. The Balaban J connectivity index is 1.83. The van der Waals surface area contributed by atoms with Gasteiger partial charge in [0.2, 0.25) is 0 Å². The van der Waals surface area contributed by atoms with Crippen molar-refractivity contribution in [2.75, 3.05) is 12.8 Å². The molecule has 1 heterocycles. The van der Waals surface area contributed by atoms with Crippen molar-refractivity contribution in [1.29, 1.82) is 0 Å². The number of halogens is 1. The maximum Gasteiger partial charge on any atom is 0.254 e. The van der Waals surface area contributed by atoms with Crippen LogP contribution in [0.25, 0.3) is 0 Å². The molecule has 0 unspecified atom stereocenters. The van der Waals surface area contributed by atoms with Gasteiger partial charge in [0, 0.05) is 36.0 Å². The van der Waals surface area contributed by atoms with Crippen LogP contribution >= 0.6 is 0 Å². The molecule has 0 aliphatic carbocycles. The second kappa shape index (κ2) is 5.09. The first-order chi connectivity index (χ1) is 10.1. The molecule has 2 aromatic carbocycles. The highest BCUT2D eigenvalue weighted by Crippen LogP contribution is 2.27. The van der Waals surface area contributed by atoms with E-state index in [-0.39, 0.29) is 18.3 Å². The molecule has 2 aromatic rings. The van der Waals surface area contributed by atoms with E-state index < -0.39 is 0 Å². The molecular weight excluding hydrogens is 271 g/mol. The minimum Gasteiger partial charge on any atom is -0.497 e. The predicted molar refractivity (Wildman–Crippen MR) is 77.4 cm³/mol. The fourth-order valence-electron chi connectivity index (χ4n) is 2.50. The summed E-state index contributed by atoms with van der Waals surface area (Å²) in [5, 5.41) is 0. The standard InChI is InChI=1S/C16H15FN2O2/c1-21-13-5-3-11(15(17)7-13)9-19-8-10-2-4-12(18)6-14(10)16(19)20/h2-7H,8-9,18H2,1H3. The number of benzene rings is 2. The topological polar surface area (TPSA) is 55.6 Å². The fourth-order valence-corrected chi connectivity index (χ4v) is 2.50. The summed E-state index contributed by atoms with van der Waals surface area (Å²) in [6, 6.07) is 9.92. The number of nitrogens with zero attached hydrogens (tertiary/aromatic N) is 1. The molecule has 0 radical (unpaired) electrons. The van der Waals surface area contributed by atoms with Crippen LogP contribution in [0.3, 0.4) is 0 Å². The molecule has 1 aliphatic heterocycles. The number of carbonyl (C=O) groups is 1. The van der Waals surface area contributed by atoms with Crippen LogP contribution in [0.1, 0.15) is 21.5 Å². The van der Waals surface area contributed by atoms with Crippen LogP contribution in [0.2, 0.25) is 0 Å². The number of nitrogens with two attached hydrogens (primary N) is 1. The molecule has 0 fully saturated rings. The lowest BCUT2D eigenvalue weighted by molar-refractivity contribution is 0.0765. The zero-order valence-electron chi connectivity index (χ0n) is 11.6. The zero-order chi connectivity index (χ0) is 15.0. The minimum absolute atomic E-state index is 0.118. The summed E-state index contributed by atoms with van der Waals surface area (Å²) in [4.78, 5) is 13.9. The summed E-state index contributed by atoms with van der Waals surface area (Å²) >= 11 is 0. The Morgan fingerprint density at radius 2 is 2.10 bits per heavy atom. The van der Waals surface area contributed by atoms with Crippen LogP contribution in [-0.2, 0) is 13.1 Å². The number of fused-ring (bicyclic) bond motifs is 1. The number of methoxy groups -OCH3 is 1. The Bertz CT molecular complexity index is 715. The highest BCUT2D eigenvalue weighted by Gasteiger charge is 2.27. The number of amides is 1. The van der Waals surface area contributed by atoms with Gasteiger partial charge in [-0.1, -0.05) is 12.1 Å². The van der Waals surface area contributed by atoms with E-state index in [1.54, 1.807) is 29.2 Å². The number of anilines is 1. The van der Waals surface area contributed by atoms with Crippen molar-refractivity contribution in [3.8, 4) is 5.75 Å². The predicted octanol–water partition coefficient (Wildman–Crippen LogP) is 2.57. The van der Waals surface area contributed by atoms with Crippen molar-refractivity contribution in [1.82, 2.24) is 4.90 Å². The Morgan fingerprint density at radius 1 is 1.29 bits per heavy atom. The highest BCUT2D eigenvalue weighted by molar-refractivity contribution is 5.99. The molecule has 0 atom stereocenters. The van der Waals surface area contributed by atoms with Gasteiger partial charge < -0.3 is 15.4 Å². The van der Waals surface area contributed by atoms with E-state index >= 15 is 0 Å². The minimum atomic E-state index is -0.377. The zero-order valence-corrected chi connectivity index (χ0v) is 11.6. The maximum atomic E-state index is 14.0. The molecule has 0 saturated heterocycles. The number of hydrogen-bond donors (Lipinski definition) is 1. The molecule has 0 bridgehead atoms. The third-order valence-electron chi connectivity index (χ3n) is 3.63. The average molecular weight is 286 g/mol. The van der Waals surface area contributed by atoms with E-state index in [9.17, 15) is 9.18 Å². The van der Waals surface area contributed by atoms with Crippen molar-refractivity contribution >= 4 is 11.6 Å². The Labute approximate surface area is 121 Å². The molecule has 2 N–H and O–H groups in total. The van der Waals surface area contributed by atoms with Crippen LogP contribution in [0, 0.1) is 5.82 Å². The summed E-state index contributed by atoms with van der Waals surface area (Å²) in [7, 11) is 1.49. The van der Waals surface area contributed by atoms with Crippen molar-refractivity contribution in [3.05, 3.63) is 58.9 Å². The molecular formula is C16H15FN2O2. The van der Waals surface area contributed by atoms with Crippen LogP contribution in [0.15, 0.2) is 36.4 Å². The number of carbonyl (C=O) groups excluding carboxylic acids is 1. The normalized spacial score (nSPS) is 13.4. The van der Waals surface area contributed by atoms with E-state index in [4.69, 9.17) is 10.5 Å². The van der Waals surface area contributed by atoms with E-state index in [0.29, 0.717) is 29.1 Å². The van der Waals surface area contributed by atoms with Gasteiger partial charge in [0.15, 0.2) is 0 Å². The van der Waals surface area contributed by atoms with Crippen molar-refractivity contribution in [2.24, 2.45) is 0 Å². The smallest absolute Gasteiger partial charge is 0.254 e. The van der Waals surface area contributed by atoms with Gasteiger partial charge in [-0.2, -0.15) is 0 Å². The largest absolute Gasteiger partial charge is 0.497 e. The molecule has 5 heteroatoms. The Morgan fingerprint density at radius 3 is 2.81 bits per heavy atom.